The number of allylic oxidation sites excluding steroid dienone is 1. The zero-order chi connectivity index (χ0) is 9.84. The molecule has 0 amide bonds. The van der Waals surface area contributed by atoms with Crippen molar-refractivity contribution in [2.24, 2.45) is 5.92 Å². The first-order valence-electron chi connectivity index (χ1n) is 4.59. The Kier molecular flexibility index (Phi) is 3.48. The monoisotopic (exact) mass is 184 g/mol. The third-order valence-corrected chi connectivity index (χ3v) is 2.18. The van der Waals surface area contributed by atoms with Crippen LogP contribution in [0.3, 0.4) is 0 Å². The van der Waals surface area contributed by atoms with Gasteiger partial charge in [0.05, 0.1) is 12.0 Å². The second-order valence-electron chi connectivity index (χ2n) is 3.71. The molecule has 0 aliphatic carbocycles. The molecular weight excluding hydrogens is 168 g/mol. The predicted molar refractivity (Wildman–Crippen MR) is 49.5 cm³/mol. The Bertz CT molecular complexity index is 216. The van der Waals surface area contributed by atoms with Crippen LogP contribution in [0, 0.1) is 5.92 Å². The summed E-state index contributed by atoms with van der Waals surface area (Å²) < 4.78 is 5.43. The van der Waals surface area contributed by atoms with Gasteiger partial charge in [-0.15, -0.1) is 0 Å². The zero-order valence-electron chi connectivity index (χ0n) is 8.12. The van der Waals surface area contributed by atoms with E-state index in [-0.39, 0.29) is 12.0 Å². The van der Waals surface area contributed by atoms with Gasteiger partial charge in [-0.2, -0.15) is 0 Å². The predicted octanol–water partition coefficient (Wildman–Crippen LogP) is 1.83. The lowest BCUT2D eigenvalue weighted by Gasteiger charge is -2.25. The first kappa shape index (κ1) is 10.3. The Morgan fingerprint density at radius 2 is 2.23 bits per heavy atom. The summed E-state index contributed by atoms with van der Waals surface area (Å²) in [7, 11) is 0. The van der Waals surface area contributed by atoms with Crippen molar-refractivity contribution in [1.82, 2.24) is 0 Å². The van der Waals surface area contributed by atoms with Gasteiger partial charge in [-0.3, -0.25) is 4.79 Å². The second-order valence-corrected chi connectivity index (χ2v) is 3.71. The van der Waals surface area contributed by atoms with Gasteiger partial charge < -0.3 is 9.84 Å². The molecule has 0 bridgehead atoms. The third-order valence-electron chi connectivity index (χ3n) is 2.18. The molecule has 0 aromatic heterocycles. The van der Waals surface area contributed by atoms with Gasteiger partial charge in [0.2, 0.25) is 0 Å². The first-order chi connectivity index (χ1) is 6.09. The SMILES string of the molecule is CC(C)=CC1CC(C(=O)O)CCO1. The zero-order valence-corrected chi connectivity index (χ0v) is 8.12. The maximum atomic E-state index is 10.7. The number of ether oxygens (including phenoxy) is 1. The minimum absolute atomic E-state index is 0.000139. The average molecular weight is 184 g/mol. The van der Waals surface area contributed by atoms with E-state index in [1.807, 2.05) is 19.9 Å². The van der Waals surface area contributed by atoms with Crippen LogP contribution in [-0.4, -0.2) is 23.8 Å². The van der Waals surface area contributed by atoms with E-state index in [4.69, 9.17) is 9.84 Å². The largest absolute Gasteiger partial charge is 0.481 e. The quantitative estimate of drug-likeness (QED) is 0.666. The molecule has 74 valence electrons. The molecular formula is C10H16O3. The summed E-state index contributed by atoms with van der Waals surface area (Å²) in [4.78, 5) is 10.7. The summed E-state index contributed by atoms with van der Waals surface area (Å²) in [5.41, 5.74) is 1.18. The molecule has 0 aromatic carbocycles. The highest BCUT2D eigenvalue weighted by molar-refractivity contribution is 5.70. The van der Waals surface area contributed by atoms with Crippen LogP contribution < -0.4 is 0 Å². The minimum atomic E-state index is -0.699. The molecule has 0 radical (unpaired) electrons. The van der Waals surface area contributed by atoms with Gasteiger partial charge >= 0.3 is 5.97 Å². The number of carboxylic acid groups (broad SMARTS) is 1. The summed E-state index contributed by atoms with van der Waals surface area (Å²) in [5.74, 6) is -0.926. The fourth-order valence-electron chi connectivity index (χ4n) is 1.54. The number of carbonyl (C=O) groups is 1. The van der Waals surface area contributed by atoms with Crippen molar-refractivity contribution in [2.75, 3.05) is 6.61 Å². The van der Waals surface area contributed by atoms with E-state index >= 15 is 0 Å². The summed E-state index contributed by atoms with van der Waals surface area (Å²) in [5, 5.41) is 8.81. The Balaban J connectivity index is 2.51. The Morgan fingerprint density at radius 3 is 2.77 bits per heavy atom. The van der Waals surface area contributed by atoms with Crippen LogP contribution in [0.4, 0.5) is 0 Å². The smallest absolute Gasteiger partial charge is 0.306 e. The van der Waals surface area contributed by atoms with Crippen molar-refractivity contribution in [2.45, 2.75) is 32.8 Å². The second kappa shape index (κ2) is 4.42. The third kappa shape index (κ3) is 3.19. The molecule has 2 unspecified atom stereocenters. The van der Waals surface area contributed by atoms with E-state index in [0.717, 1.165) is 0 Å². The van der Waals surface area contributed by atoms with E-state index in [1.165, 1.54) is 5.57 Å². The van der Waals surface area contributed by atoms with E-state index in [1.54, 1.807) is 0 Å². The lowest BCUT2D eigenvalue weighted by molar-refractivity contribution is -0.146. The summed E-state index contributed by atoms with van der Waals surface area (Å²) >= 11 is 0. The highest BCUT2D eigenvalue weighted by atomic mass is 16.5. The van der Waals surface area contributed by atoms with Crippen molar-refractivity contribution in [3.05, 3.63) is 11.6 Å². The molecule has 1 aliphatic rings. The Labute approximate surface area is 78.4 Å². The summed E-state index contributed by atoms with van der Waals surface area (Å²) in [6, 6.07) is 0. The van der Waals surface area contributed by atoms with E-state index in [2.05, 4.69) is 0 Å². The van der Waals surface area contributed by atoms with Crippen molar-refractivity contribution in [3.63, 3.8) is 0 Å². The summed E-state index contributed by atoms with van der Waals surface area (Å²) in [6.07, 6.45) is 3.25. The fourth-order valence-corrected chi connectivity index (χ4v) is 1.54. The molecule has 0 aromatic rings. The van der Waals surface area contributed by atoms with Gasteiger partial charge in [0.25, 0.3) is 0 Å². The normalized spacial score (nSPS) is 28.2. The molecule has 1 heterocycles. The number of hydrogen-bond donors (Lipinski definition) is 1. The van der Waals surface area contributed by atoms with Crippen LogP contribution in [0.1, 0.15) is 26.7 Å². The van der Waals surface area contributed by atoms with Crippen LogP contribution in [0.25, 0.3) is 0 Å². The topological polar surface area (TPSA) is 46.5 Å². The number of hydrogen-bond acceptors (Lipinski definition) is 2. The summed E-state index contributed by atoms with van der Waals surface area (Å²) in [6.45, 7) is 4.55. The molecule has 0 spiro atoms. The van der Waals surface area contributed by atoms with E-state index in [0.29, 0.717) is 19.4 Å². The average Bonchev–Trinajstić information content (AvgIpc) is 2.03. The molecule has 1 fully saturated rings. The van der Waals surface area contributed by atoms with Gasteiger partial charge in [0.15, 0.2) is 0 Å². The molecule has 1 N–H and O–H groups in total. The first-order valence-corrected chi connectivity index (χ1v) is 4.59. The van der Waals surface area contributed by atoms with Crippen LogP contribution in [0.15, 0.2) is 11.6 Å². The number of aliphatic carboxylic acids is 1. The maximum Gasteiger partial charge on any atom is 0.306 e. The van der Waals surface area contributed by atoms with Crippen LogP contribution in [0.2, 0.25) is 0 Å². The molecule has 1 aliphatic heterocycles. The van der Waals surface area contributed by atoms with Gasteiger partial charge in [0, 0.05) is 6.61 Å². The van der Waals surface area contributed by atoms with Crippen molar-refractivity contribution in [3.8, 4) is 0 Å². The van der Waals surface area contributed by atoms with E-state index < -0.39 is 5.97 Å². The molecule has 3 heteroatoms. The van der Waals surface area contributed by atoms with Gasteiger partial charge in [-0.05, 0) is 26.7 Å². The molecule has 2 atom stereocenters. The van der Waals surface area contributed by atoms with Crippen LogP contribution in [0.5, 0.6) is 0 Å². The number of rotatable bonds is 2. The van der Waals surface area contributed by atoms with Gasteiger partial charge in [-0.1, -0.05) is 11.6 Å². The highest BCUT2D eigenvalue weighted by Gasteiger charge is 2.26. The Morgan fingerprint density at radius 1 is 1.54 bits per heavy atom. The molecule has 1 saturated heterocycles. The lowest BCUT2D eigenvalue weighted by atomic mass is 9.95. The van der Waals surface area contributed by atoms with Gasteiger partial charge in [-0.25, -0.2) is 0 Å². The molecule has 3 nitrogen and oxygen atoms in total. The number of carboxylic acids is 1. The maximum absolute atomic E-state index is 10.7. The van der Waals surface area contributed by atoms with Crippen LogP contribution >= 0.6 is 0 Å². The standard InChI is InChI=1S/C10H16O3/c1-7(2)5-9-6-8(10(11)12)3-4-13-9/h5,8-9H,3-4,6H2,1-2H3,(H,11,12). The van der Waals surface area contributed by atoms with E-state index in [9.17, 15) is 4.79 Å². The molecule has 1 rings (SSSR count). The highest BCUT2D eigenvalue weighted by Crippen LogP contribution is 2.21. The Hall–Kier alpha value is -0.830. The molecule has 0 saturated carbocycles. The fraction of sp³-hybridized carbons (Fsp3) is 0.700. The minimum Gasteiger partial charge on any atom is -0.481 e. The lowest BCUT2D eigenvalue weighted by Crippen LogP contribution is -2.29. The van der Waals surface area contributed by atoms with Crippen molar-refractivity contribution in [1.29, 1.82) is 0 Å². The molecule has 13 heavy (non-hydrogen) atoms. The van der Waals surface area contributed by atoms with Crippen molar-refractivity contribution >= 4 is 5.97 Å². The van der Waals surface area contributed by atoms with Gasteiger partial charge in [0.1, 0.15) is 0 Å². The van der Waals surface area contributed by atoms with Crippen molar-refractivity contribution < 1.29 is 14.6 Å². The van der Waals surface area contributed by atoms with Crippen LogP contribution in [-0.2, 0) is 9.53 Å².